The lowest BCUT2D eigenvalue weighted by Crippen LogP contribution is -2.02. The van der Waals surface area contributed by atoms with Crippen LogP contribution in [0.1, 0.15) is 30.8 Å². The van der Waals surface area contributed by atoms with Gasteiger partial charge in [-0.1, -0.05) is 18.2 Å². The molecule has 1 atom stereocenters. The van der Waals surface area contributed by atoms with Gasteiger partial charge in [0.1, 0.15) is 5.69 Å². The smallest absolute Gasteiger partial charge is 0.111 e. The molecule has 0 amide bonds. The number of hydrogen-bond acceptors (Lipinski definition) is 4. The molecule has 0 aliphatic carbocycles. The summed E-state index contributed by atoms with van der Waals surface area (Å²) in [5, 5.41) is 17.4. The number of rotatable bonds is 4. The number of aliphatic hydroxyl groups excluding tert-OH is 1. The molecule has 5 heteroatoms. The van der Waals surface area contributed by atoms with Crippen LogP contribution in [0.4, 0.5) is 0 Å². The number of nitrogens with zero attached hydrogens (tertiary/aromatic N) is 4. The molecule has 2 heterocycles. The van der Waals surface area contributed by atoms with Gasteiger partial charge in [0.2, 0.25) is 0 Å². The zero-order valence-electron chi connectivity index (χ0n) is 9.11. The molecule has 0 bridgehead atoms. The zero-order chi connectivity index (χ0) is 11.4. The number of hydrogen-bond donors (Lipinski definition) is 1. The highest BCUT2D eigenvalue weighted by Gasteiger charge is 2.09. The predicted molar refractivity (Wildman–Crippen MR) is 58.6 cm³/mol. The Kier molecular flexibility index (Phi) is 3.26. The monoisotopic (exact) mass is 218 g/mol. The van der Waals surface area contributed by atoms with E-state index in [1.54, 1.807) is 17.1 Å². The van der Waals surface area contributed by atoms with E-state index in [0.29, 0.717) is 18.7 Å². The van der Waals surface area contributed by atoms with Crippen molar-refractivity contribution in [3.8, 4) is 0 Å². The van der Waals surface area contributed by atoms with Gasteiger partial charge < -0.3 is 5.11 Å². The van der Waals surface area contributed by atoms with Gasteiger partial charge in [0.15, 0.2) is 0 Å². The van der Waals surface area contributed by atoms with E-state index in [0.717, 1.165) is 5.69 Å². The van der Waals surface area contributed by atoms with Crippen LogP contribution in [0.25, 0.3) is 0 Å². The van der Waals surface area contributed by atoms with Crippen LogP contribution in [0.15, 0.2) is 30.6 Å². The predicted octanol–water partition coefficient (Wildman–Crippen LogP) is 1.16. The van der Waals surface area contributed by atoms with Crippen LogP contribution >= 0.6 is 0 Å². The number of aromatic nitrogens is 4. The third-order valence-electron chi connectivity index (χ3n) is 2.33. The second-order valence-electron chi connectivity index (χ2n) is 3.59. The normalized spacial score (nSPS) is 12.6. The molecule has 0 aliphatic heterocycles. The highest BCUT2D eigenvalue weighted by Crippen LogP contribution is 2.12. The molecule has 1 N–H and O–H groups in total. The Morgan fingerprint density at radius 3 is 3.00 bits per heavy atom. The molecule has 0 saturated carbocycles. The molecule has 84 valence electrons. The van der Waals surface area contributed by atoms with Gasteiger partial charge in [0.25, 0.3) is 0 Å². The van der Waals surface area contributed by atoms with Crippen molar-refractivity contribution in [2.24, 2.45) is 0 Å². The molecular weight excluding hydrogens is 204 g/mol. The molecule has 0 radical (unpaired) electrons. The first-order valence-electron chi connectivity index (χ1n) is 5.27. The van der Waals surface area contributed by atoms with Gasteiger partial charge in [-0.25, -0.2) is 4.68 Å². The van der Waals surface area contributed by atoms with Crippen LogP contribution in [0.3, 0.4) is 0 Å². The molecular formula is C11H14N4O. The van der Waals surface area contributed by atoms with Crippen molar-refractivity contribution in [1.29, 1.82) is 0 Å². The SMILES string of the molecule is CCC(O)c1cn(Cc2ccccn2)nn1. The summed E-state index contributed by atoms with van der Waals surface area (Å²) in [5.41, 5.74) is 1.53. The minimum Gasteiger partial charge on any atom is -0.387 e. The van der Waals surface area contributed by atoms with Gasteiger partial charge >= 0.3 is 0 Å². The quantitative estimate of drug-likeness (QED) is 0.836. The van der Waals surface area contributed by atoms with Gasteiger partial charge in [-0.05, 0) is 18.6 Å². The first-order valence-corrected chi connectivity index (χ1v) is 5.27. The summed E-state index contributed by atoms with van der Waals surface area (Å²) < 4.78 is 1.68. The summed E-state index contributed by atoms with van der Waals surface area (Å²) in [6, 6.07) is 5.73. The minimum atomic E-state index is -0.530. The summed E-state index contributed by atoms with van der Waals surface area (Å²) in [6.45, 7) is 2.48. The lowest BCUT2D eigenvalue weighted by molar-refractivity contribution is 0.168. The molecule has 2 aromatic rings. The fourth-order valence-corrected chi connectivity index (χ4v) is 1.41. The summed E-state index contributed by atoms with van der Waals surface area (Å²) in [4.78, 5) is 4.20. The van der Waals surface area contributed by atoms with E-state index in [4.69, 9.17) is 0 Å². The van der Waals surface area contributed by atoms with Crippen LogP contribution < -0.4 is 0 Å². The molecule has 2 rings (SSSR count). The van der Waals surface area contributed by atoms with Crippen LogP contribution in [-0.2, 0) is 6.54 Å². The number of pyridine rings is 1. The van der Waals surface area contributed by atoms with E-state index < -0.39 is 6.10 Å². The van der Waals surface area contributed by atoms with Gasteiger partial charge in [-0.15, -0.1) is 5.10 Å². The fourth-order valence-electron chi connectivity index (χ4n) is 1.41. The molecule has 2 aromatic heterocycles. The van der Waals surface area contributed by atoms with E-state index in [2.05, 4.69) is 15.3 Å². The summed E-state index contributed by atoms with van der Waals surface area (Å²) >= 11 is 0. The highest BCUT2D eigenvalue weighted by atomic mass is 16.3. The summed E-state index contributed by atoms with van der Waals surface area (Å²) in [7, 11) is 0. The lowest BCUT2D eigenvalue weighted by atomic mass is 10.2. The van der Waals surface area contributed by atoms with E-state index in [-0.39, 0.29) is 0 Å². The average molecular weight is 218 g/mol. The molecule has 0 spiro atoms. The zero-order valence-corrected chi connectivity index (χ0v) is 9.11. The van der Waals surface area contributed by atoms with Gasteiger partial charge in [0.05, 0.1) is 24.5 Å². The van der Waals surface area contributed by atoms with Crippen molar-refractivity contribution in [3.63, 3.8) is 0 Å². The Hall–Kier alpha value is -1.75. The van der Waals surface area contributed by atoms with Crippen molar-refractivity contribution in [3.05, 3.63) is 42.0 Å². The number of aliphatic hydroxyl groups is 1. The third-order valence-corrected chi connectivity index (χ3v) is 2.33. The first kappa shape index (κ1) is 10.8. The first-order chi connectivity index (χ1) is 7.79. The standard InChI is InChI=1S/C11H14N4O/c1-2-11(16)10-8-15(14-13-10)7-9-5-3-4-6-12-9/h3-6,8,11,16H,2,7H2,1H3. The molecule has 0 aromatic carbocycles. The van der Waals surface area contributed by atoms with Crippen LogP contribution in [0.2, 0.25) is 0 Å². The fraction of sp³-hybridized carbons (Fsp3) is 0.364. The van der Waals surface area contributed by atoms with E-state index >= 15 is 0 Å². The molecule has 5 nitrogen and oxygen atoms in total. The van der Waals surface area contributed by atoms with Crippen LogP contribution in [0.5, 0.6) is 0 Å². The Labute approximate surface area is 93.8 Å². The largest absolute Gasteiger partial charge is 0.387 e. The molecule has 0 saturated heterocycles. The molecule has 1 unspecified atom stereocenters. The minimum absolute atomic E-state index is 0.530. The maximum atomic E-state index is 9.58. The van der Waals surface area contributed by atoms with Gasteiger partial charge in [-0.3, -0.25) is 4.98 Å². The van der Waals surface area contributed by atoms with Crippen molar-refractivity contribution in [1.82, 2.24) is 20.0 Å². The second-order valence-corrected chi connectivity index (χ2v) is 3.59. The lowest BCUT2D eigenvalue weighted by Gasteiger charge is -2.01. The maximum absolute atomic E-state index is 9.58. The van der Waals surface area contributed by atoms with Crippen LogP contribution in [0, 0.1) is 0 Å². The average Bonchev–Trinajstić information content (AvgIpc) is 2.78. The van der Waals surface area contributed by atoms with Gasteiger partial charge in [-0.2, -0.15) is 0 Å². The van der Waals surface area contributed by atoms with Crippen molar-refractivity contribution in [2.75, 3.05) is 0 Å². The van der Waals surface area contributed by atoms with Crippen molar-refractivity contribution < 1.29 is 5.11 Å². The second kappa shape index (κ2) is 4.85. The Morgan fingerprint density at radius 1 is 1.44 bits per heavy atom. The summed E-state index contributed by atoms with van der Waals surface area (Å²) in [6.07, 6.45) is 3.61. The van der Waals surface area contributed by atoms with Crippen LogP contribution in [-0.4, -0.2) is 25.1 Å². The molecule has 0 fully saturated rings. The van der Waals surface area contributed by atoms with E-state index in [9.17, 15) is 5.11 Å². The van der Waals surface area contributed by atoms with Crippen molar-refractivity contribution in [2.45, 2.75) is 26.0 Å². The maximum Gasteiger partial charge on any atom is 0.111 e. The van der Waals surface area contributed by atoms with Crippen molar-refractivity contribution >= 4 is 0 Å². The third kappa shape index (κ3) is 2.43. The Balaban J connectivity index is 2.09. The van der Waals surface area contributed by atoms with E-state index in [1.165, 1.54) is 0 Å². The summed E-state index contributed by atoms with van der Waals surface area (Å²) in [5.74, 6) is 0. The molecule has 16 heavy (non-hydrogen) atoms. The molecule has 0 aliphatic rings. The van der Waals surface area contributed by atoms with E-state index in [1.807, 2.05) is 25.1 Å². The Bertz CT molecular complexity index is 440. The highest BCUT2D eigenvalue weighted by molar-refractivity contribution is 5.05. The Morgan fingerprint density at radius 2 is 2.31 bits per heavy atom. The van der Waals surface area contributed by atoms with Gasteiger partial charge in [0, 0.05) is 6.20 Å². The topological polar surface area (TPSA) is 63.8 Å².